The van der Waals surface area contributed by atoms with Gasteiger partial charge in [0.2, 0.25) is 0 Å². The number of rotatable bonds is 5. The van der Waals surface area contributed by atoms with Crippen molar-refractivity contribution in [3.05, 3.63) is 0 Å². The Balaban J connectivity index is 2.29. The number of ether oxygens (including phenoxy) is 2. The van der Waals surface area contributed by atoms with Crippen LogP contribution in [-0.2, 0) is 9.47 Å². The van der Waals surface area contributed by atoms with E-state index in [1.807, 2.05) is 0 Å². The van der Waals surface area contributed by atoms with E-state index in [9.17, 15) is 0 Å². The largest absolute Gasteiger partial charge is 0.383 e. The molecule has 1 aliphatic rings. The molecule has 0 aromatic heterocycles. The molecule has 1 rings (SSSR count). The average Bonchev–Trinajstić information content (AvgIpc) is 2.20. The van der Waals surface area contributed by atoms with Crippen LogP contribution in [0.3, 0.4) is 0 Å². The van der Waals surface area contributed by atoms with Gasteiger partial charge in [0.25, 0.3) is 0 Å². The van der Waals surface area contributed by atoms with Gasteiger partial charge in [-0.05, 0) is 12.8 Å². The molecular weight excluding hydrogens is 168 g/mol. The first-order valence-corrected chi connectivity index (χ1v) is 4.85. The number of methoxy groups -OCH3 is 1. The molecule has 3 N–H and O–H groups in total. The Hall–Kier alpha value is -0.160. The third-order valence-electron chi connectivity index (χ3n) is 2.65. The second kappa shape index (κ2) is 5.54. The summed E-state index contributed by atoms with van der Waals surface area (Å²) in [5, 5.41) is 3.46. The van der Waals surface area contributed by atoms with Crippen molar-refractivity contribution < 1.29 is 9.47 Å². The molecule has 0 radical (unpaired) electrons. The molecule has 0 saturated carbocycles. The molecule has 1 saturated heterocycles. The molecule has 0 bridgehead atoms. The highest BCUT2D eigenvalue weighted by Gasteiger charge is 2.29. The first-order chi connectivity index (χ1) is 6.33. The SMILES string of the molecule is COCCNC1(CN)CCOCC1. The predicted octanol–water partition coefficient (Wildman–Crippen LogP) is -0.270. The first-order valence-electron chi connectivity index (χ1n) is 4.85. The zero-order chi connectivity index (χ0) is 9.57. The minimum absolute atomic E-state index is 0.0940. The molecule has 1 fully saturated rings. The van der Waals surface area contributed by atoms with Gasteiger partial charge in [0, 0.05) is 39.0 Å². The van der Waals surface area contributed by atoms with E-state index in [0.717, 1.165) is 39.2 Å². The maximum absolute atomic E-state index is 5.76. The summed E-state index contributed by atoms with van der Waals surface area (Å²) in [6, 6.07) is 0. The van der Waals surface area contributed by atoms with Gasteiger partial charge in [-0.3, -0.25) is 0 Å². The molecule has 0 aromatic rings. The normalized spacial score (nSPS) is 21.7. The molecule has 78 valence electrons. The van der Waals surface area contributed by atoms with Crippen LogP contribution in [0.4, 0.5) is 0 Å². The molecular formula is C9H20N2O2. The van der Waals surface area contributed by atoms with E-state index in [0.29, 0.717) is 6.54 Å². The predicted molar refractivity (Wildman–Crippen MR) is 51.7 cm³/mol. The fraction of sp³-hybridized carbons (Fsp3) is 1.00. The van der Waals surface area contributed by atoms with Crippen molar-refractivity contribution in [2.75, 3.05) is 40.0 Å². The third kappa shape index (κ3) is 3.23. The number of nitrogens with two attached hydrogens (primary N) is 1. The molecule has 13 heavy (non-hydrogen) atoms. The van der Waals surface area contributed by atoms with Crippen molar-refractivity contribution in [2.45, 2.75) is 18.4 Å². The summed E-state index contributed by atoms with van der Waals surface area (Å²) in [5.74, 6) is 0. The Morgan fingerprint density at radius 2 is 2.15 bits per heavy atom. The highest BCUT2D eigenvalue weighted by Crippen LogP contribution is 2.18. The van der Waals surface area contributed by atoms with Gasteiger partial charge in [-0.15, -0.1) is 0 Å². The molecule has 0 spiro atoms. The van der Waals surface area contributed by atoms with Crippen LogP contribution in [0, 0.1) is 0 Å². The lowest BCUT2D eigenvalue weighted by Crippen LogP contribution is -2.55. The van der Waals surface area contributed by atoms with Crippen LogP contribution in [0.15, 0.2) is 0 Å². The van der Waals surface area contributed by atoms with E-state index in [2.05, 4.69) is 5.32 Å². The zero-order valence-corrected chi connectivity index (χ0v) is 8.34. The van der Waals surface area contributed by atoms with E-state index in [4.69, 9.17) is 15.2 Å². The Bertz CT molecular complexity index is 136. The van der Waals surface area contributed by atoms with Crippen molar-refractivity contribution in [1.29, 1.82) is 0 Å². The molecule has 4 nitrogen and oxygen atoms in total. The quantitative estimate of drug-likeness (QED) is 0.583. The van der Waals surface area contributed by atoms with E-state index >= 15 is 0 Å². The Labute approximate surface area is 79.8 Å². The minimum Gasteiger partial charge on any atom is -0.383 e. The third-order valence-corrected chi connectivity index (χ3v) is 2.65. The Morgan fingerprint density at radius 1 is 1.46 bits per heavy atom. The lowest BCUT2D eigenvalue weighted by molar-refractivity contribution is 0.0385. The smallest absolute Gasteiger partial charge is 0.0587 e. The maximum Gasteiger partial charge on any atom is 0.0587 e. The summed E-state index contributed by atoms with van der Waals surface area (Å²) in [5.41, 5.74) is 5.86. The fourth-order valence-corrected chi connectivity index (χ4v) is 1.63. The zero-order valence-electron chi connectivity index (χ0n) is 8.34. The van der Waals surface area contributed by atoms with Crippen molar-refractivity contribution in [2.24, 2.45) is 5.73 Å². The molecule has 0 aliphatic carbocycles. The summed E-state index contributed by atoms with van der Waals surface area (Å²) in [6.45, 7) is 3.92. The summed E-state index contributed by atoms with van der Waals surface area (Å²) < 4.78 is 10.3. The maximum atomic E-state index is 5.76. The highest BCUT2D eigenvalue weighted by atomic mass is 16.5. The summed E-state index contributed by atoms with van der Waals surface area (Å²) in [6.07, 6.45) is 2.01. The monoisotopic (exact) mass is 188 g/mol. The van der Waals surface area contributed by atoms with Crippen LogP contribution in [0.5, 0.6) is 0 Å². The molecule has 0 atom stereocenters. The second-order valence-corrected chi connectivity index (χ2v) is 3.52. The van der Waals surface area contributed by atoms with Gasteiger partial charge in [-0.2, -0.15) is 0 Å². The lowest BCUT2D eigenvalue weighted by atomic mass is 9.90. The Morgan fingerprint density at radius 3 is 2.69 bits per heavy atom. The molecule has 1 heterocycles. The van der Waals surface area contributed by atoms with Gasteiger partial charge in [-0.1, -0.05) is 0 Å². The number of hydrogen-bond acceptors (Lipinski definition) is 4. The summed E-state index contributed by atoms with van der Waals surface area (Å²) in [7, 11) is 1.71. The van der Waals surface area contributed by atoms with Gasteiger partial charge in [-0.25, -0.2) is 0 Å². The topological polar surface area (TPSA) is 56.5 Å². The van der Waals surface area contributed by atoms with Crippen molar-refractivity contribution in [1.82, 2.24) is 5.32 Å². The van der Waals surface area contributed by atoms with Crippen LogP contribution in [0.25, 0.3) is 0 Å². The van der Waals surface area contributed by atoms with Crippen molar-refractivity contribution in [3.8, 4) is 0 Å². The molecule has 1 aliphatic heterocycles. The van der Waals surface area contributed by atoms with Gasteiger partial charge >= 0.3 is 0 Å². The van der Waals surface area contributed by atoms with Crippen LogP contribution in [0.1, 0.15) is 12.8 Å². The number of hydrogen-bond donors (Lipinski definition) is 2. The van der Waals surface area contributed by atoms with Gasteiger partial charge in [0.1, 0.15) is 0 Å². The minimum atomic E-state index is 0.0940. The number of nitrogens with one attached hydrogen (secondary N) is 1. The van der Waals surface area contributed by atoms with E-state index in [1.54, 1.807) is 7.11 Å². The molecule has 4 heteroatoms. The molecule has 0 amide bonds. The lowest BCUT2D eigenvalue weighted by Gasteiger charge is -2.37. The fourth-order valence-electron chi connectivity index (χ4n) is 1.63. The standard InChI is InChI=1S/C9H20N2O2/c1-12-7-4-11-9(8-10)2-5-13-6-3-9/h11H,2-8,10H2,1H3. The van der Waals surface area contributed by atoms with Crippen LogP contribution in [-0.4, -0.2) is 45.6 Å². The second-order valence-electron chi connectivity index (χ2n) is 3.52. The van der Waals surface area contributed by atoms with Crippen LogP contribution >= 0.6 is 0 Å². The van der Waals surface area contributed by atoms with Gasteiger partial charge in [0.05, 0.1) is 6.61 Å². The first kappa shape index (κ1) is 10.9. The Kier molecular flexibility index (Phi) is 4.66. The van der Waals surface area contributed by atoms with Gasteiger partial charge in [0.15, 0.2) is 0 Å². The molecule has 0 aromatic carbocycles. The molecule has 0 unspecified atom stereocenters. The average molecular weight is 188 g/mol. The summed E-state index contributed by atoms with van der Waals surface area (Å²) in [4.78, 5) is 0. The summed E-state index contributed by atoms with van der Waals surface area (Å²) >= 11 is 0. The van der Waals surface area contributed by atoms with Crippen molar-refractivity contribution >= 4 is 0 Å². The van der Waals surface area contributed by atoms with E-state index < -0.39 is 0 Å². The van der Waals surface area contributed by atoms with E-state index in [-0.39, 0.29) is 5.54 Å². The van der Waals surface area contributed by atoms with E-state index in [1.165, 1.54) is 0 Å². The van der Waals surface area contributed by atoms with Crippen LogP contribution in [0.2, 0.25) is 0 Å². The van der Waals surface area contributed by atoms with Gasteiger partial charge < -0.3 is 20.5 Å². The van der Waals surface area contributed by atoms with Crippen molar-refractivity contribution in [3.63, 3.8) is 0 Å². The van der Waals surface area contributed by atoms with Crippen LogP contribution < -0.4 is 11.1 Å². The highest BCUT2D eigenvalue weighted by molar-refractivity contribution is 4.90.